The van der Waals surface area contributed by atoms with E-state index in [0.717, 1.165) is 10.8 Å². The van der Waals surface area contributed by atoms with Gasteiger partial charge in [0.2, 0.25) is 0 Å². The molecule has 0 aromatic heterocycles. The molecule has 0 fully saturated rings. The van der Waals surface area contributed by atoms with E-state index >= 15 is 0 Å². The molecule has 0 saturated heterocycles. The predicted octanol–water partition coefficient (Wildman–Crippen LogP) is 4.52. The van der Waals surface area contributed by atoms with Crippen molar-refractivity contribution >= 4 is 22.6 Å². The number of fused-ring (bicyclic) bond motifs is 1. The molecule has 3 aromatic rings. The Morgan fingerprint density at radius 2 is 1.70 bits per heavy atom. The monoisotopic (exact) mass is 409 g/mol. The Labute approximate surface area is 176 Å². The zero-order valence-electron chi connectivity index (χ0n) is 17.0. The maximum absolute atomic E-state index is 12.8. The number of anilines is 1. The maximum atomic E-state index is 12.8. The van der Waals surface area contributed by atoms with Crippen LogP contribution < -0.4 is 10.1 Å². The highest BCUT2D eigenvalue weighted by Gasteiger charge is 2.26. The van der Waals surface area contributed by atoms with E-state index in [9.17, 15) is 9.90 Å². The number of para-hydroxylation sites is 1. The first kappa shape index (κ1) is 21.6. The second-order valence-corrected chi connectivity index (χ2v) is 7.08. The first-order chi connectivity index (χ1) is 14.6. The lowest BCUT2D eigenvalue weighted by Gasteiger charge is -2.26. The Bertz CT molecular complexity index is 969. The fraction of sp³-hybridized carbons (Fsp3) is 0.292. The number of rotatable bonds is 9. The summed E-state index contributed by atoms with van der Waals surface area (Å²) in [6.45, 7) is 1.91. The number of hydrogen-bond donors (Lipinski definition) is 3. The van der Waals surface area contributed by atoms with Crippen molar-refractivity contribution in [3.8, 4) is 5.75 Å². The van der Waals surface area contributed by atoms with Crippen LogP contribution in [0.15, 0.2) is 66.7 Å². The predicted molar refractivity (Wildman–Crippen MR) is 117 cm³/mol. The summed E-state index contributed by atoms with van der Waals surface area (Å²) in [7, 11) is 0. The number of benzene rings is 3. The summed E-state index contributed by atoms with van der Waals surface area (Å²) >= 11 is 0. The van der Waals surface area contributed by atoms with E-state index in [2.05, 4.69) is 5.32 Å². The number of amides is 1. The molecule has 0 aliphatic heterocycles. The van der Waals surface area contributed by atoms with Crippen LogP contribution >= 0.6 is 0 Å². The standard InChI is InChI=1S/C24H27NO5/c1-17(13-14-26)23(20-10-4-5-12-22(20)29-16-15-27)30-24(28)25-21-11-6-8-18-7-2-3-9-19(18)21/h2-12,17,23,26-27H,13-16H2,1H3,(H,25,28)/t17-,23+/m0/s1. The number of hydrogen-bond acceptors (Lipinski definition) is 5. The van der Waals surface area contributed by atoms with Crippen molar-refractivity contribution in [2.75, 3.05) is 25.1 Å². The summed E-state index contributed by atoms with van der Waals surface area (Å²) in [5.74, 6) is 0.395. The fourth-order valence-corrected chi connectivity index (χ4v) is 3.43. The molecule has 30 heavy (non-hydrogen) atoms. The highest BCUT2D eigenvalue weighted by atomic mass is 16.6. The number of nitrogens with one attached hydrogen (secondary N) is 1. The molecule has 3 aromatic carbocycles. The van der Waals surface area contributed by atoms with Gasteiger partial charge in [-0.05, 0) is 29.9 Å². The van der Waals surface area contributed by atoms with Gasteiger partial charge in [-0.1, -0.05) is 61.5 Å². The molecule has 0 unspecified atom stereocenters. The summed E-state index contributed by atoms with van der Waals surface area (Å²) in [6.07, 6.45) is -0.749. The number of carbonyl (C=O) groups is 1. The molecular weight excluding hydrogens is 382 g/mol. The molecule has 2 atom stereocenters. The zero-order valence-corrected chi connectivity index (χ0v) is 17.0. The normalized spacial score (nSPS) is 12.9. The Balaban J connectivity index is 1.84. The number of ether oxygens (including phenoxy) is 2. The summed E-state index contributed by atoms with van der Waals surface area (Å²) in [4.78, 5) is 12.8. The van der Waals surface area contributed by atoms with E-state index in [4.69, 9.17) is 14.6 Å². The van der Waals surface area contributed by atoms with Crippen molar-refractivity contribution in [3.05, 3.63) is 72.3 Å². The largest absolute Gasteiger partial charge is 0.491 e. The average Bonchev–Trinajstić information content (AvgIpc) is 2.77. The lowest BCUT2D eigenvalue weighted by atomic mass is 9.94. The third kappa shape index (κ3) is 5.28. The number of aliphatic hydroxyl groups excluding tert-OH is 2. The minimum Gasteiger partial charge on any atom is -0.491 e. The quantitative estimate of drug-likeness (QED) is 0.484. The van der Waals surface area contributed by atoms with E-state index in [1.165, 1.54) is 0 Å². The summed E-state index contributed by atoms with van der Waals surface area (Å²) < 4.78 is 11.4. The first-order valence-corrected chi connectivity index (χ1v) is 10.0. The van der Waals surface area contributed by atoms with Gasteiger partial charge in [-0.2, -0.15) is 0 Å². The first-order valence-electron chi connectivity index (χ1n) is 10.0. The minimum atomic E-state index is -0.623. The van der Waals surface area contributed by atoms with Crippen LogP contribution in [-0.4, -0.2) is 36.1 Å². The fourth-order valence-electron chi connectivity index (χ4n) is 3.43. The number of aliphatic hydroxyl groups is 2. The molecule has 0 spiro atoms. The van der Waals surface area contributed by atoms with Crippen molar-refractivity contribution in [1.29, 1.82) is 0 Å². The second-order valence-electron chi connectivity index (χ2n) is 7.08. The SMILES string of the molecule is C[C@@H](CCO)[C@@H](OC(=O)Nc1cccc2ccccc12)c1ccccc1OCCO. The summed E-state index contributed by atoms with van der Waals surface area (Å²) in [5.41, 5.74) is 1.36. The third-order valence-electron chi connectivity index (χ3n) is 4.94. The maximum Gasteiger partial charge on any atom is 0.412 e. The van der Waals surface area contributed by atoms with Crippen LogP contribution in [0.2, 0.25) is 0 Å². The van der Waals surface area contributed by atoms with Gasteiger partial charge in [0.1, 0.15) is 18.5 Å². The molecule has 0 heterocycles. The van der Waals surface area contributed by atoms with E-state index in [1.807, 2.05) is 67.6 Å². The van der Waals surface area contributed by atoms with Crippen LogP contribution in [0.4, 0.5) is 10.5 Å². The topological polar surface area (TPSA) is 88.0 Å². The zero-order chi connectivity index (χ0) is 21.3. The molecule has 3 N–H and O–H groups in total. The van der Waals surface area contributed by atoms with Crippen LogP contribution in [-0.2, 0) is 4.74 Å². The van der Waals surface area contributed by atoms with Crippen molar-refractivity contribution < 1.29 is 24.5 Å². The highest BCUT2D eigenvalue weighted by Crippen LogP contribution is 2.35. The highest BCUT2D eigenvalue weighted by molar-refractivity contribution is 6.00. The molecule has 0 saturated carbocycles. The van der Waals surface area contributed by atoms with Gasteiger partial charge in [0.05, 0.1) is 12.3 Å². The van der Waals surface area contributed by atoms with Crippen molar-refractivity contribution in [3.63, 3.8) is 0 Å². The Kier molecular flexibility index (Phi) is 7.65. The van der Waals surface area contributed by atoms with E-state index in [-0.39, 0.29) is 25.7 Å². The van der Waals surface area contributed by atoms with Gasteiger partial charge in [0.15, 0.2) is 0 Å². The lowest BCUT2D eigenvalue weighted by Crippen LogP contribution is -2.23. The molecule has 0 aliphatic rings. The molecule has 0 aliphatic carbocycles. The van der Waals surface area contributed by atoms with Gasteiger partial charge in [0, 0.05) is 17.6 Å². The lowest BCUT2D eigenvalue weighted by molar-refractivity contribution is 0.0642. The van der Waals surface area contributed by atoms with Crippen LogP contribution in [0.5, 0.6) is 5.75 Å². The van der Waals surface area contributed by atoms with Gasteiger partial charge in [-0.3, -0.25) is 5.32 Å². The number of carbonyl (C=O) groups excluding carboxylic acids is 1. The molecule has 0 radical (unpaired) electrons. The van der Waals surface area contributed by atoms with E-state index in [1.54, 1.807) is 6.07 Å². The molecule has 6 heteroatoms. The van der Waals surface area contributed by atoms with Gasteiger partial charge in [0.25, 0.3) is 0 Å². The van der Waals surface area contributed by atoms with Crippen LogP contribution in [0.25, 0.3) is 10.8 Å². The summed E-state index contributed by atoms with van der Waals surface area (Å²) in [6, 6.07) is 20.7. The molecule has 3 rings (SSSR count). The van der Waals surface area contributed by atoms with Gasteiger partial charge in [-0.15, -0.1) is 0 Å². The van der Waals surface area contributed by atoms with Crippen molar-refractivity contribution in [2.45, 2.75) is 19.4 Å². The minimum absolute atomic E-state index is 0.0222. The van der Waals surface area contributed by atoms with Crippen molar-refractivity contribution in [2.24, 2.45) is 5.92 Å². The second kappa shape index (κ2) is 10.6. The molecule has 158 valence electrons. The van der Waals surface area contributed by atoms with Gasteiger partial charge >= 0.3 is 6.09 Å². The smallest absolute Gasteiger partial charge is 0.412 e. The Hall–Kier alpha value is -3.09. The molecule has 6 nitrogen and oxygen atoms in total. The van der Waals surface area contributed by atoms with Crippen molar-refractivity contribution in [1.82, 2.24) is 0 Å². The van der Waals surface area contributed by atoms with Crippen LogP contribution in [0, 0.1) is 5.92 Å². The van der Waals surface area contributed by atoms with Crippen LogP contribution in [0.1, 0.15) is 25.0 Å². The molecule has 1 amide bonds. The Morgan fingerprint density at radius 3 is 2.50 bits per heavy atom. The Morgan fingerprint density at radius 1 is 0.967 bits per heavy atom. The van der Waals surface area contributed by atoms with Crippen LogP contribution in [0.3, 0.4) is 0 Å². The molecule has 0 bridgehead atoms. The average molecular weight is 409 g/mol. The third-order valence-corrected chi connectivity index (χ3v) is 4.94. The van der Waals surface area contributed by atoms with E-state index < -0.39 is 12.2 Å². The molecular formula is C24H27NO5. The van der Waals surface area contributed by atoms with Gasteiger partial charge in [-0.25, -0.2) is 4.79 Å². The van der Waals surface area contributed by atoms with E-state index in [0.29, 0.717) is 23.4 Å². The summed E-state index contributed by atoms with van der Waals surface area (Å²) in [5, 5.41) is 23.3. The van der Waals surface area contributed by atoms with Gasteiger partial charge < -0.3 is 19.7 Å².